The molecule has 14 N–H and O–H groups in total. The van der Waals surface area contributed by atoms with Gasteiger partial charge < -0.3 is 85.5 Å². The summed E-state index contributed by atoms with van der Waals surface area (Å²) in [6.07, 6.45) is -6.67. The number of amides is 1. The second kappa shape index (κ2) is 30.1. The molecule has 0 radical (unpaired) electrons. The number of benzene rings is 2. The molecule has 2 aliphatic rings. The smallest absolute Gasteiger partial charge is 0.394 e. The van der Waals surface area contributed by atoms with Crippen LogP contribution >= 0.6 is 23.5 Å². The van der Waals surface area contributed by atoms with Gasteiger partial charge in [-0.05, 0) is 36.1 Å². The fourth-order valence-electron chi connectivity index (χ4n) is 9.79. The summed E-state index contributed by atoms with van der Waals surface area (Å²) in [6, 6.07) is 8.66. The zero-order valence-corrected chi connectivity index (χ0v) is 51.4. The Balaban J connectivity index is 0.000000263. The number of nitrogen functional groups attached to an aromatic ring is 2. The van der Waals surface area contributed by atoms with E-state index in [1.165, 1.54) is 41.5 Å². The van der Waals surface area contributed by atoms with Gasteiger partial charge in [0.2, 0.25) is 0 Å². The molecular weight excluding hydrogens is 1290 g/mol. The van der Waals surface area contributed by atoms with Gasteiger partial charge in [-0.3, -0.25) is 29.5 Å². The summed E-state index contributed by atoms with van der Waals surface area (Å²) in [5.41, 5.74) is 20.1. The number of phosphoric acid groups is 3. The molecule has 0 bridgehead atoms. The summed E-state index contributed by atoms with van der Waals surface area (Å²) in [5, 5.41) is 56.7. The maximum Gasteiger partial charge on any atom is 0.490 e. The van der Waals surface area contributed by atoms with Gasteiger partial charge in [0.25, 0.3) is 11.4 Å². The van der Waals surface area contributed by atoms with Crippen LogP contribution in [0.15, 0.2) is 61.4 Å². The third-order valence-corrected chi connectivity index (χ3v) is 17.5. The minimum atomic E-state index is -5.75. The number of alkyl halides is 3. The molecule has 10 atom stereocenters. The van der Waals surface area contributed by atoms with Crippen molar-refractivity contribution in [2.45, 2.75) is 109 Å². The van der Waals surface area contributed by atoms with Crippen LogP contribution in [-0.4, -0.2) is 137 Å². The second-order valence-electron chi connectivity index (χ2n) is 21.0. The number of fused-ring (bicyclic) bond motifs is 2. The zero-order chi connectivity index (χ0) is 67.8. The summed E-state index contributed by atoms with van der Waals surface area (Å²) >= 11 is 0. The lowest BCUT2D eigenvalue weighted by Gasteiger charge is -2.22. The standard InChI is InChI=1S/C27H29F3N6O7.C25H33N6O15P3/c1-14(2)23(17-6-5-15(8-18(17)36(40)41)4-3-7-32-26(39)27(28,29)30)42-12-16-10-35(21-9-19(38)20(11-37)43-21)25-22(16)24(31)33-13-34-25;1-14(2)23(17-6-5-15(4-3-7-26)8-18(17)31(33)34)42-11-16-10-30(25-22(16)24(27)28-13-29-25)21-9-19(32)20(44-21)12-43-48(38,39)46-49(40,41)45-47(35,36)37/h5-6,8,10,13-14,19-21,23,37-38H,7,9,11-12H2,1-2H3,(H,32,39)(H2,31,33,34);5-6,8,10,13-14,19-21,23,32H,7,9,11-12,26H2,1-2H3,(H,38,39)(H,40,41)(H2,27,28,29)(H2,35,36,37)/t2*19-,20-,21-,23-/m11/s1. The number of nitrogens with zero attached hydrogens (tertiary/aromatic N) is 8. The van der Waals surface area contributed by atoms with Crippen molar-refractivity contribution in [3.05, 3.63) is 115 Å². The number of nitrogens with two attached hydrogens (primary N) is 3. The third-order valence-electron chi connectivity index (χ3n) is 13.7. The average Bonchev–Trinajstić information content (AvgIpc) is 1.61. The lowest BCUT2D eigenvalue weighted by Crippen LogP contribution is -2.36. The van der Waals surface area contributed by atoms with Crippen LogP contribution in [0.25, 0.3) is 22.1 Å². The summed E-state index contributed by atoms with van der Waals surface area (Å²) < 4.78 is 111. The van der Waals surface area contributed by atoms with Crippen molar-refractivity contribution in [1.29, 1.82) is 0 Å². The van der Waals surface area contributed by atoms with Gasteiger partial charge >= 0.3 is 35.6 Å². The van der Waals surface area contributed by atoms with E-state index in [2.05, 4.69) is 56.8 Å². The number of rotatable bonds is 23. The Morgan fingerprint density at radius 1 is 0.750 bits per heavy atom. The van der Waals surface area contributed by atoms with Crippen molar-refractivity contribution in [3.63, 3.8) is 0 Å². The van der Waals surface area contributed by atoms with Crippen LogP contribution in [0.1, 0.15) is 98.6 Å². The van der Waals surface area contributed by atoms with E-state index in [9.17, 15) is 77.0 Å². The number of anilines is 2. The molecule has 34 nitrogen and oxygen atoms in total. The number of aliphatic hydroxyl groups is 3. The fourth-order valence-corrected chi connectivity index (χ4v) is 12.8. The number of carbonyl (C=O) groups excluding carboxylic acids is 1. The number of carbonyl (C=O) groups is 1. The van der Waals surface area contributed by atoms with E-state index in [0.29, 0.717) is 38.7 Å². The Morgan fingerprint density at radius 2 is 1.21 bits per heavy atom. The van der Waals surface area contributed by atoms with Gasteiger partial charge in [0.05, 0.1) is 95.7 Å². The molecule has 1 amide bonds. The molecule has 2 aliphatic heterocycles. The second-order valence-corrected chi connectivity index (χ2v) is 25.4. The highest BCUT2D eigenvalue weighted by molar-refractivity contribution is 7.66. The van der Waals surface area contributed by atoms with Gasteiger partial charge in [-0.25, -0.2) is 33.6 Å². The van der Waals surface area contributed by atoms with Gasteiger partial charge in [-0.15, -0.1) is 0 Å². The Bertz CT molecular complexity index is 3980. The molecule has 2 saturated heterocycles. The predicted octanol–water partition coefficient (Wildman–Crippen LogP) is 4.64. The van der Waals surface area contributed by atoms with Crippen LogP contribution in [0.4, 0.5) is 36.2 Å². The van der Waals surface area contributed by atoms with E-state index in [-0.39, 0.29) is 90.8 Å². The predicted molar refractivity (Wildman–Crippen MR) is 313 cm³/mol. The van der Waals surface area contributed by atoms with Crippen LogP contribution in [0, 0.1) is 55.7 Å². The van der Waals surface area contributed by atoms with Crippen LogP contribution < -0.4 is 22.5 Å². The topological polar surface area (TPSA) is 512 Å². The number of phosphoric ester groups is 1. The molecule has 0 saturated carbocycles. The third kappa shape index (κ3) is 18.2. The normalized spacial score (nSPS) is 20.3. The lowest BCUT2D eigenvalue weighted by atomic mass is 9.96. The number of nitro groups is 2. The first kappa shape index (κ1) is 72.0. The van der Waals surface area contributed by atoms with Crippen LogP contribution in [0.2, 0.25) is 0 Å². The average molecular weight is 1360 g/mol. The van der Waals surface area contributed by atoms with Gasteiger partial charge in [0, 0.05) is 59.6 Å². The highest BCUT2D eigenvalue weighted by Crippen LogP contribution is 2.66. The van der Waals surface area contributed by atoms with Gasteiger partial charge in [0.15, 0.2) is 0 Å². The largest absolute Gasteiger partial charge is 0.490 e. The molecule has 92 heavy (non-hydrogen) atoms. The number of nitro benzene ring substituents is 2. The molecule has 2 aromatic carbocycles. The van der Waals surface area contributed by atoms with Crippen LogP contribution in [0.5, 0.6) is 0 Å². The molecule has 6 heterocycles. The molecule has 4 aromatic heterocycles. The van der Waals surface area contributed by atoms with Crippen LogP contribution in [-0.2, 0) is 63.8 Å². The van der Waals surface area contributed by atoms with E-state index in [4.69, 9.17) is 45.9 Å². The molecule has 40 heteroatoms. The van der Waals surface area contributed by atoms with Crippen molar-refractivity contribution >= 4 is 74.5 Å². The Hall–Kier alpha value is -7.45. The van der Waals surface area contributed by atoms with Gasteiger partial charge in [-0.2, -0.15) is 21.8 Å². The van der Waals surface area contributed by atoms with Gasteiger partial charge in [-0.1, -0.05) is 51.4 Å². The number of ether oxygens (including phenoxy) is 4. The summed E-state index contributed by atoms with van der Waals surface area (Å²) in [6.45, 7) is 5.35. The number of halogens is 3. The minimum Gasteiger partial charge on any atom is -0.394 e. The van der Waals surface area contributed by atoms with Crippen LogP contribution in [0.3, 0.4) is 0 Å². The number of nitrogens with one attached hydrogen (secondary N) is 1. The Morgan fingerprint density at radius 3 is 1.62 bits per heavy atom. The van der Waals surface area contributed by atoms with E-state index >= 15 is 0 Å². The Labute approximate surface area is 518 Å². The number of hydrogen-bond acceptors (Lipinski definition) is 25. The van der Waals surface area contributed by atoms with E-state index in [1.807, 2.05) is 27.7 Å². The van der Waals surface area contributed by atoms with Crippen molar-refractivity contribution in [2.75, 3.05) is 37.8 Å². The van der Waals surface area contributed by atoms with E-state index < -0.39 is 108 Å². The summed E-state index contributed by atoms with van der Waals surface area (Å²) in [5.74, 6) is 7.91. The molecule has 2 fully saturated rings. The van der Waals surface area contributed by atoms with Crippen molar-refractivity contribution in [1.82, 2.24) is 34.4 Å². The number of hydrogen-bond donors (Lipinski definition) is 11. The highest BCUT2D eigenvalue weighted by atomic mass is 31.3. The molecule has 6 aromatic rings. The molecule has 498 valence electrons. The first-order valence-electron chi connectivity index (χ1n) is 27.2. The van der Waals surface area contributed by atoms with E-state index in [1.54, 1.807) is 34.4 Å². The fraction of sp³-hybridized carbons (Fsp3) is 0.442. The van der Waals surface area contributed by atoms with Crippen molar-refractivity contribution < 1.29 is 108 Å². The van der Waals surface area contributed by atoms with Crippen molar-refractivity contribution in [3.8, 4) is 23.7 Å². The molecule has 0 aliphatic carbocycles. The minimum absolute atomic E-state index is 0.0553. The first-order chi connectivity index (χ1) is 43.1. The SMILES string of the molecule is CC(C)[C@@H](OCc1cn([C@H]2C[C@@H](O)[C@@H](CO)O2)c2ncnc(N)c12)c1ccc(C#CCNC(=O)C(F)(F)F)cc1[N+](=O)[O-].CC(C)[C@@H](OCc1cn([C@H]2C[C@@H](O)[C@@H](COP(=O)(O)OP(=O)(O)OP(=O)(O)O)O2)c2ncnc(N)c12)c1ccc(C#CCN)cc1[N+](=O)[O-]. The van der Waals surface area contributed by atoms with Gasteiger partial charge in [0.1, 0.15) is 60.2 Å². The monoisotopic (exact) mass is 1360 g/mol. The first-order valence-corrected chi connectivity index (χ1v) is 31.7. The molecule has 0 spiro atoms. The van der Waals surface area contributed by atoms with E-state index in [0.717, 1.165) is 0 Å². The molecule has 8 rings (SSSR count). The zero-order valence-electron chi connectivity index (χ0n) is 48.7. The quantitative estimate of drug-likeness (QED) is 0.0180. The highest BCUT2D eigenvalue weighted by Gasteiger charge is 2.44. The maximum absolute atomic E-state index is 12.3. The number of aliphatic hydroxyl groups excluding tert-OH is 3. The van der Waals surface area contributed by atoms with Crippen molar-refractivity contribution in [2.24, 2.45) is 17.6 Å². The summed E-state index contributed by atoms with van der Waals surface area (Å²) in [4.78, 5) is 86.9. The summed E-state index contributed by atoms with van der Waals surface area (Å²) in [7, 11) is -16.8. The Kier molecular flexibility index (Phi) is 23.5. The number of aromatic nitrogens is 6. The molecule has 2 unspecified atom stereocenters. The maximum atomic E-state index is 12.3. The molecular formula is C52H62F3N12O22P3. The lowest BCUT2D eigenvalue weighted by molar-refractivity contribution is -0.386.